The van der Waals surface area contributed by atoms with Gasteiger partial charge in [-0.1, -0.05) is 24.3 Å². The van der Waals surface area contributed by atoms with Gasteiger partial charge in [-0.25, -0.2) is 9.67 Å². The normalized spacial score (nSPS) is 14.8. The second-order valence-corrected chi connectivity index (χ2v) is 7.65. The average Bonchev–Trinajstić information content (AvgIpc) is 3.28. The van der Waals surface area contributed by atoms with E-state index in [1.54, 1.807) is 35.4 Å². The van der Waals surface area contributed by atoms with E-state index in [1.165, 1.54) is 0 Å². The van der Waals surface area contributed by atoms with Crippen LogP contribution in [-0.4, -0.2) is 37.2 Å². The number of carbonyl (C=O) groups excluding carboxylic acids is 1. The van der Waals surface area contributed by atoms with Crippen molar-refractivity contribution in [1.29, 1.82) is 0 Å². The number of benzene rings is 1. The van der Waals surface area contributed by atoms with Crippen molar-refractivity contribution < 1.29 is 9.53 Å². The lowest BCUT2D eigenvalue weighted by molar-refractivity contribution is -0.113. The summed E-state index contributed by atoms with van der Waals surface area (Å²) in [5.74, 6) is 1.89. The van der Waals surface area contributed by atoms with Crippen molar-refractivity contribution in [3.05, 3.63) is 90.0 Å². The Bertz CT molecular complexity index is 1350. The van der Waals surface area contributed by atoms with Crippen LogP contribution in [0.4, 0.5) is 11.8 Å². The van der Waals surface area contributed by atoms with Gasteiger partial charge in [0.05, 0.1) is 12.2 Å². The molecule has 5 rings (SSSR count). The summed E-state index contributed by atoms with van der Waals surface area (Å²) in [7, 11) is 0. The number of pyridine rings is 2. The summed E-state index contributed by atoms with van der Waals surface area (Å²) in [6.45, 7) is 4.27. The van der Waals surface area contributed by atoms with Gasteiger partial charge in [-0.3, -0.25) is 9.78 Å². The first kappa shape index (κ1) is 21.3. The topological polar surface area (TPSA) is 107 Å². The number of rotatable bonds is 6. The lowest BCUT2D eigenvalue weighted by Crippen LogP contribution is -2.32. The summed E-state index contributed by atoms with van der Waals surface area (Å²) in [6.07, 6.45) is 5.04. The molecule has 4 aromatic rings. The van der Waals surface area contributed by atoms with E-state index in [1.807, 2.05) is 56.3 Å². The second-order valence-electron chi connectivity index (χ2n) is 7.65. The minimum Gasteiger partial charge on any atom is -0.494 e. The number of nitrogens with one attached hydrogen (secondary N) is 2. The molecule has 9 nitrogen and oxygen atoms in total. The van der Waals surface area contributed by atoms with E-state index in [0.717, 1.165) is 11.1 Å². The summed E-state index contributed by atoms with van der Waals surface area (Å²) in [5, 5.41) is 10.9. The van der Waals surface area contributed by atoms with Gasteiger partial charge in [0.1, 0.15) is 17.6 Å². The lowest BCUT2D eigenvalue weighted by Gasteiger charge is -2.29. The maximum atomic E-state index is 13.6. The maximum Gasteiger partial charge on any atom is 0.257 e. The highest BCUT2D eigenvalue weighted by Crippen LogP contribution is 2.40. The number of carbonyl (C=O) groups is 1. The summed E-state index contributed by atoms with van der Waals surface area (Å²) in [4.78, 5) is 26.6. The third-order valence-corrected chi connectivity index (χ3v) is 5.44. The number of hydrogen-bond acceptors (Lipinski definition) is 7. The van der Waals surface area contributed by atoms with E-state index in [0.29, 0.717) is 41.2 Å². The molecule has 1 aliphatic rings. The second kappa shape index (κ2) is 9.14. The molecule has 1 aliphatic heterocycles. The van der Waals surface area contributed by atoms with Crippen LogP contribution in [-0.2, 0) is 4.79 Å². The van der Waals surface area contributed by atoms with E-state index in [4.69, 9.17) is 9.84 Å². The molecule has 9 heteroatoms. The number of aromatic nitrogens is 5. The molecule has 0 bridgehead atoms. The van der Waals surface area contributed by atoms with Gasteiger partial charge < -0.3 is 15.4 Å². The predicted octanol–water partition coefficient (Wildman–Crippen LogP) is 4.06. The summed E-state index contributed by atoms with van der Waals surface area (Å²) < 4.78 is 7.64. The van der Waals surface area contributed by atoms with Crippen LogP contribution in [0, 0.1) is 0 Å². The van der Waals surface area contributed by atoms with Crippen molar-refractivity contribution in [2.75, 3.05) is 17.2 Å². The Hall–Kier alpha value is -4.53. The highest BCUT2D eigenvalue weighted by molar-refractivity contribution is 6.05. The first-order chi connectivity index (χ1) is 16.7. The van der Waals surface area contributed by atoms with Crippen LogP contribution in [0.2, 0.25) is 0 Å². The molecule has 1 unspecified atom stereocenters. The summed E-state index contributed by atoms with van der Waals surface area (Å²) in [6, 6.07) is 16.2. The van der Waals surface area contributed by atoms with E-state index in [9.17, 15) is 4.79 Å². The van der Waals surface area contributed by atoms with Crippen molar-refractivity contribution in [2.24, 2.45) is 0 Å². The smallest absolute Gasteiger partial charge is 0.257 e. The van der Waals surface area contributed by atoms with Crippen molar-refractivity contribution in [1.82, 2.24) is 24.7 Å². The Morgan fingerprint density at radius 2 is 1.97 bits per heavy atom. The van der Waals surface area contributed by atoms with Gasteiger partial charge in [-0.05, 0) is 44.2 Å². The molecule has 1 amide bonds. The zero-order valence-electron chi connectivity index (χ0n) is 18.8. The van der Waals surface area contributed by atoms with E-state index in [-0.39, 0.29) is 5.91 Å². The largest absolute Gasteiger partial charge is 0.494 e. The number of fused-ring (bicyclic) bond motifs is 1. The molecule has 0 aliphatic carbocycles. The Morgan fingerprint density at radius 3 is 2.74 bits per heavy atom. The minimum absolute atomic E-state index is 0.288. The van der Waals surface area contributed by atoms with Crippen molar-refractivity contribution in [3.8, 4) is 17.1 Å². The van der Waals surface area contributed by atoms with Gasteiger partial charge in [0.25, 0.3) is 5.91 Å². The van der Waals surface area contributed by atoms with Crippen LogP contribution < -0.4 is 15.4 Å². The molecule has 2 N–H and O–H groups in total. The van der Waals surface area contributed by atoms with Gasteiger partial charge in [0.2, 0.25) is 5.95 Å². The third-order valence-electron chi connectivity index (χ3n) is 5.44. The molecule has 3 aromatic heterocycles. The number of nitrogens with zero attached hydrogens (tertiary/aromatic N) is 5. The van der Waals surface area contributed by atoms with Gasteiger partial charge in [0, 0.05) is 35.4 Å². The standard InChI is InChI=1S/C25H23N7O2/c1-3-34-19-11-5-4-10-18(19)22-21(24(33)29-20-12-6-7-14-27-20)16(2)28-25-30-23(31-32(22)25)17-9-8-13-26-15-17/h4-15,22H,3H2,1-2H3,(H,27,29,33)(H,28,30,31). The van der Waals surface area contributed by atoms with E-state index >= 15 is 0 Å². The molecule has 34 heavy (non-hydrogen) atoms. The molecule has 0 radical (unpaired) electrons. The molecule has 1 atom stereocenters. The summed E-state index contributed by atoms with van der Waals surface area (Å²) >= 11 is 0. The number of amides is 1. The maximum absolute atomic E-state index is 13.6. The number of anilines is 2. The molecule has 0 saturated heterocycles. The van der Waals surface area contributed by atoms with Crippen molar-refractivity contribution in [3.63, 3.8) is 0 Å². The first-order valence-corrected chi connectivity index (χ1v) is 10.9. The molecular weight excluding hydrogens is 430 g/mol. The van der Waals surface area contributed by atoms with Crippen LogP contribution in [0.15, 0.2) is 84.5 Å². The third kappa shape index (κ3) is 3.99. The highest BCUT2D eigenvalue weighted by atomic mass is 16.5. The van der Waals surface area contributed by atoms with Crippen LogP contribution in [0.1, 0.15) is 25.5 Å². The van der Waals surface area contributed by atoms with Gasteiger partial charge >= 0.3 is 0 Å². The average molecular weight is 454 g/mol. The molecule has 0 saturated carbocycles. The fourth-order valence-electron chi connectivity index (χ4n) is 3.96. The number of para-hydroxylation sites is 1. The van der Waals surface area contributed by atoms with E-state index < -0.39 is 6.04 Å². The Kier molecular flexibility index (Phi) is 5.73. The molecule has 0 fully saturated rings. The Balaban J connectivity index is 1.64. The monoisotopic (exact) mass is 453 g/mol. The van der Waals surface area contributed by atoms with Gasteiger partial charge in [-0.15, -0.1) is 5.10 Å². The zero-order valence-corrected chi connectivity index (χ0v) is 18.8. The number of ether oxygens (including phenoxy) is 1. The lowest BCUT2D eigenvalue weighted by atomic mass is 9.94. The Labute approximate surface area is 196 Å². The first-order valence-electron chi connectivity index (χ1n) is 10.9. The van der Waals surface area contributed by atoms with Crippen LogP contribution in [0.25, 0.3) is 11.4 Å². The van der Waals surface area contributed by atoms with Crippen molar-refractivity contribution >= 4 is 17.7 Å². The SMILES string of the molecule is CCOc1ccccc1C1C(C(=O)Nc2ccccn2)=C(C)Nc2nc(-c3cccnc3)nn21. The highest BCUT2D eigenvalue weighted by Gasteiger charge is 2.36. The molecule has 1 aromatic carbocycles. The number of hydrogen-bond donors (Lipinski definition) is 2. The van der Waals surface area contributed by atoms with Crippen molar-refractivity contribution in [2.45, 2.75) is 19.9 Å². The fraction of sp³-hybridized carbons (Fsp3) is 0.160. The Morgan fingerprint density at radius 1 is 1.12 bits per heavy atom. The number of allylic oxidation sites excluding steroid dienone is 1. The zero-order chi connectivity index (χ0) is 23.5. The molecular formula is C25H23N7O2. The quantitative estimate of drug-likeness (QED) is 0.453. The van der Waals surface area contributed by atoms with Crippen LogP contribution in [0.3, 0.4) is 0 Å². The minimum atomic E-state index is -0.569. The predicted molar refractivity (Wildman–Crippen MR) is 128 cm³/mol. The fourth-order valence-corrected chi connectivity index (χ4v) is 3.96. The summed E-state index contributed by atoms with van der Waals surface area (Å²) in [5.41, 5.74) is 2.75. The van der Waals surface area contributed by atoms with Gasteiger partial charge in [0.15, 0.2) is 5.82 Å². The molecule has 0 spiro atoms. The van der Waals surface area contributed by atoms with E-state index in [2.05, 4.69) is 25.6 Å². The van der Waals surface area contributed by atoms with Crippen LogP contribution in [0.5, 0.6) is 5.75 Å². The van der Waals surface area contributed by atoms with Gasteiger partial charge in [-0.2, -0.15) is 4.98 Å². The molecule has 4 heterocycles. The molecule has 170 valence electrons. The van der Waals surface area contributed by atoms with Crippen LogP contribution >= 0.6 is 0 Å².